The van der Waals surface area contributed by atoms with Crippen molar-refractivity contribution in [2.45, 2.75) is 11.8 Å². The van der Waals surface area contributed by atoms with Crippen molar-refractivity contribution in [3.63, 3.8) is 0 Å². The van der Waals surface area contributed by atoms with Crippen LogP contribution in [-0.2, 0) is 0 Å². The minimum Gasteiger partial charge on any atom is -0.369 e. The minimum atomic E-state index is 0.942. The third-order valence-corrected chi connectivity index (χ3v) is 6.55. The van der Waals surface area contributed by atoms with Gasteiger partial charge in [0.25, 0.3) is 0 Å². The van der Waals surface area contributed by atoms with Crippen LogP contribution in [0.3, 0.4) is 0 Å². The van der Waals surface area contributed by atoms with Gasteiger partial charge in [0, 0.05) is 36.8 Å². The molecule has 0 amide bonds. The summed E-state index contributed by atoms with van der Waals surface area (Å²) in [5, 5.41) is 6.76. The summed E-state index contributed by atoms with van der Waals surface area (Å²) in [5.74, 6) is 0. The molecule has 0 spiro atoms. The van der Waals surface area contributed by atoms with Crippen molar-refractivity contribution in [2.24, 2.45) is 0 Å². The molecule has 2 aromatic heterocycles. The highest BCUT2D eigenvalue weighted by Crippen LogP contribution is 2.30. The topological polar surface area (TPSA) is 48.1 Å². The third kappa shape index (κ3) is 3.57. The Kier molecular flexibility index (Phi) is 5.19. The van der Waals surface area contributed by atoms with E-state index in [-0.39, 0.29) is 0 Å². The lowest BCUT2D eigenvalue weighted by atomic mass is 10.0. The van der Waals surface area contributed by atoms with Crippen LogP contribution in [0.2, 0.25) is 0 Å². The first-order valence-corrected chi connectivity index (χ1v) is 11.6. The molecular formula is C24H26N5S+. The van der Waals surface area contributed by atoms with Gasteiger partial charge in [0.05, 0.1) is 17.3 Å². The van der Waals surface area contributed by atoms with Gasteiger partial charge in [-0.15, -0.1) is 16.3 Å². The number of anilines is 1. The lowest BCUT2D eigenvalue weighted by Crippen LogP contribution is -2.43. The second-order valence-corrected chi connectivity index (χ2v) is 8.57. The number of hydrogen-bond acceptors (Lipinski definition) is 4. The number of hydrogen-bond donors (Lipinski definition) is 2. The molecule has 2 aromatic carbocycles. The average molecular weight is 417 g/mol. The number of aryl methyl sites for hydroxylation is 1. The molecule has 30 heavy (non-hydrogen) atoms. The molecule has 1 aliphatic heterocycles. The van der Waals surface area contributed by atoms with E-state index in [1.54, 1.807) is 11.8 Å². The summed E-state index contributed by atoms with van der Waals surface area (Å²) in [5.41, 5.74) is 8.11. The molecule has 5 rings (SSSR count). The van der Waals surface area contributed by atoms with E-state index in [2.05, 4.69) is 77.2 Å². The van der Waals surface area contributed by atoms with E-state index in [9.17, 15) is 0 Å². The van der Waals surface area contributed by atoms with E-state index in [1.807, 2.05) is 16.9 Å². The molecule has 152 valence electrons. The highest BCUT2D eigenvalue weighted by atomic mass is 32.2. The Balaban J connectivity index is 1.46. The molecule has 0 bridgehead atoms. The number of rotatable bonds is 4. The fraction of sp³-hybridized carbons (Fsp3) is 0.250. The van der Waals surface area contributed by atoms with Crippen LogP contribution < -0.4 is 14.7 Å². The van der Waals surface area contributed by atoms with E-state index >= 15 is 0 Å². The number of H-pyrrole nitrogens is 1. The number of nitrogens with one attached hydrogen (secondary N) is 2. The fourth-order valence-corrected chi connectivity index (χ4v) is 4.52. The van der Waals surface area contributed by atoms with Crippen LogP contribution in [0, 0.1) is 6.92 Å². The maximum Gasteiger partial charge on any atom is 0.355 e. The molecule has 1 saturated heterocycles. The number of thioether (sulfide) groups is 1. The molecule has 0 radical (unpaired) electrons. The van der Waals surface area contributed by atoms with Crippen LogP contribution in [0.4, 0.5) is 5.69 Å². The van der Waals surface area contributed by atoms with Crippen molar-refractivity contribution in [1.29, 1.82) is 0 Å². The van der Waals surface area contributed by atoms with Crippen LogP contribution in [-0.4, -0.2) is 42.5 Å². The summed E-state index contributed by atoms with van der Waals surface area (Å²) in [6.45, 7) is 6.37. The van der Waals surface area contributed by atoms with E-state index in [1.165, 1.54) is 27.3 Å². The molecule has 2 N–H and O–H groups in total. The molecule has 4 aromatic rings. The van der Waals surface area contributed by atoms with Crippen LogP contribution in [0.5, 0.6) is 0 Å². The Hall–Kier alpha value is -2.83. The van der Waals surface area contributed by atoms with Gasteiger partial charge >= 0.3 is 5.65 Å². The smallest absolute Gasteiger partial charge is 0.355 e. The van der Waals surface area contributed by atoms with Gasteiger partial charge in [-0.05, 0) is 59.1 Å². The van der Waals surface area contributed by atoms with Crippen molar-refractivity contribution in [2.75, 3.05) is 37.3 Å². The largest absolute Gasteiger partial charge is 0.369 e. The fourth-order valence-electron chi connectivity index (χ4n) is 4.08. The van der Waals surface area contributed by atoms with Crippen molar-refractivity contribution >= 4 is 23.1 Å². The zero-order chi connectivity index (χ0) is 20.5. The maximum atomic E-state index is 4.81. The Bertz CT molecular complexity index is 1180. The van der Waals surface area contributed by atoms with Crippen LogP contribution >= 0.6 is 11.8 Å². The highest BCUT2D eigenvalue weighted by molar-refractivity contribution is 7.98. The van der Waals surface area contributed by atoms with E-state index in [4.69, 9.17) is 4.98 Å². The second-order valence-electron chi connectivity index (χ2n) is 7.69. The second kappa shape index (κ2) is 8.13. The van der Waals surface area contributed by atoms with Gasteiger partial charge < -0.3 is 10.2 Å². The Morgan fingerprint density at radius 1 is 1.00 bits per heavy atom. The number of fused-ring (bicyclic) bond motifs is 1. The summed E-state index contributed by atoms with van der Waals surface area (Å²) in [6, 6.07) is 15.4. The summed E-state index contributed by atoms with van der Waals surface area (Å²) >= 11 is 1.76. The molecular weight excluding hydrogens is 390 g/mol. The first-order valence-electron chi connectivity index (χ1n) is 10.3. The number of piperazine rings is 1. The minimum absolute atomic E-state index is 0.942. The van der Waals surface area contributed by atoms with E-state index < -0.39 is 0 Å². The predicted molar refractivity (Wildman–Crippen MR) is 124 cm³/mol. The molecule has 0 unspecified atom stereocenters. The first-order chi connectivity index (χ1) is 14.7. The van der Waals surface area contributed by atoms with Gasteiger partial charge in [-0.2, -0.15) is 0 Å². The van der Waals surface area contributed by atoms with Gasteiger partial charge in [0.1, 0.15) is 6.20 Å². The molecule has 0 aliphatic carbocycles. The van der Waals surface area contributed by atoms with E-state index in [0.717, 1.165) is 43.0 Å². The number of nitrogens with zero attached hydrogens (tertiary/aromatic N) is 3. The van der Waals surface area contributed by atoms with Crippen molar-refractivity contribution < 1.29 is 4.52 Å². The lowest BCUT2D eigenvalue weighted by molar-refractivity contribution is -0.578. The SMILES string of the molecule is CSc1ccc(C)c(-c2c[nH][n+]3cc(-c4ccc(N5CCNCC5)cc4)cnc23)c1. The quantitative estimate of drug-likeness (QED) is 0.391. The molecule has 1 aliphatic rings. The zero-order valence-corrected chi connectivity index (χ0v) is 18.2. The Labute approximate surface area is 181 Å². The lowest BCUT2D eigenvalue weighted by Gasteiger charge is -2.29. The summed E-state index contributed by atoms with van der Waals surface area (Å²) in [6.07, 6.45) is 8.25. The average Bonchev–Trinajstić information content (AvgIpc) is 3.23. The van der Waals surface area contributed by atoms with Crippen molar-refractivity contribution in [1.82, 2.24) is 15.4 Å². The van der Waals surface area contributed by atoms with Gasteiger partial charge in [0.15, 0.2) is 6.20 Å². The summed E-state index contributed by atoms with van der Waals surface area (Å²) < 4.78 is 2.01. The first kappa shape index (κ1) is 19.2. The van der Waals surface area contributed by atoms with Gasteiger partial charge in [-0.25, -0.2) is 5.10 Å². The van der Waals surface area contributed by atoms with Crippen molar-refractivity contribution in [3.05, 3.63) is 66.6 Å². The van der Waals surface area contributed by atoms with Gasteiger partial charge in [-0.3, -0.25) is 0 Å². The van der Waals surface area contributed by atoms with Gasteiger partial charge in [0.2, 0.25) is 0 Å². The molecule has 3 heterocycles. The Morgan fingerprint density at radius 3 is 2.57 bits per heavy atom. The predicted octanol–water partition coefficient (Wildman–Crippen LogP) is 3.92. The van der Waals surface area contributed by atoms with Gasteiger partial charge in [-0.1, -0.05) is 18.2 Å². The summed E-state index contributed by atoms with van der Waals surface area (Å²) in [7, 11) is 0. The third-order valence-electron chi connectivity index (χ3n) is 5.83. The van der Waals surface area contributed by atoms with Crippen LogP contribution in [0.1, 0.15) is 5.56 Å². The Morgan fingerprint density at radius 2 is 1.80 bits per heavy atom. The molecule has 0 atom stereocenters. The maximum absolute atomic E-state index is 4.81. The molecule has 0 saturated carbocycles. The van der Waals surface area contributed by atoms with Crippen LogP contribution in [0.15, 0.2) is 66.0 Å². The standard InChI is InChI=1S/C24H25N5S/c1-17-3-8-21(30-2)13-22(17)23-15-27-29-16-19(14-26-24(23)29)18-4-6-20(7-5-18)28-11-9-25-10-12-28/h3-8,13-16,25H,9-12H2,1-2H3/p+1. The van der Waals surface area contributed by atoms with Crippen LogP contribution in [0.25, 0.3) is 27.9 Å². The molecule has 1 fully saturated rings. The number of benzene rings is 2. The zero-order valence-electron chi connectivity index (χ0n) is 17.4. The normalized spacial score (nSPS) is 14.4. The van der Waals surface area contributed by atoms with E-state index in [0.29, 0.717) is 0 Å². The van der Waals surface area contributed by atoms with Crippen molar-refractivity contribution in [3.8, 4) is 22.3 Å². The number of aromatic amines is 1. The summed E-state index contributed by atoms with van der Waals surface area (Å²) in [4.78, 5) is 8.50. The highest BCUT2D eigenvalue weighted by Gasteiger charge is 2.18. The molecule has 5 nitrogen and oxygen atoms in total. The number of aromatic nitrogens is 3. The molecule has 6 heteroatoms. The monoisotopic (exact) mass is 416 g/mol.